The summed E-state index contributed by atoms with van der Waals surface area (Å²) in [7, 11) is 0. The number of nitrogens with zero attached hydrogens (tertiary/aromatic N) is 1. The van der Waals surface area contributed by atoms with Crippen LogP contribution in [-0.4, -0.2) is 22.6 Å². The van der Waals surface area contributed by atoms with E-state index in [1.54, 1.807) is 18.2 Å². The smallest absolute Gasteiger partial charge is 0.293 e. The van der Waals surface area contributed by atoms with E-state index in [0.29, 0.717) is 45.8 Å². The van der Waals surface area contributed by atoms with E-state index in [4.69, 9.17) is 27.9 Å². The zero-order valence-corrected chi connectivity index (χ0v) is 19.1. The fraction of sp³-hybridized carbons (Fsp3) is 0.167. The van der Waals surface area contributed by atoms with Crippen LogP contribution in [0.3, 0.4) is 0 Å². The maximum absolute atomic E-state index is 12.4. The lowest BCUT2D eigenvalue weighted by molar-refractivity contribution is -0.122. The molecule has 1 heterocycles. The standard InChI is InChI=1S/C24H19Cl2NO3S/c1-2-9-27-23(28)21(31-24(27)29)13-16-11-19(25)22(20(26)12-16)30-14-15-7-8-17-5-3-4-6-18(17)10-15/h3-8,10-13H,2,9,14H2,1H3/b21-13+. The predicted octanol–water partition coefficient (Wildman–Crippen LogP) is 7.17. The molecule has 0 N–H and O–H groups in total. The molecule has 4 nitrogen and oxygen atoms in total. The summed E-state index contributed by atoms with van der Waals surface area (Å²) in [5, 5.41) is 2.72. The Bertz CT molecular complexity index is 1190. The Hall–Kier alpha value is -2.47. The zero-order chi connectivity index (χ0) is 22.0. The molecule has 0 aromatic heterocycles. The molecular weight excluding hydrogens is 453 g/mol. The van der Waals surface area contributed by atoms with Gasteiger partial charge in [0.15, 0.2) is 5.75 Å². The van der Waals surface area contributed by atoms with Crippen LogP contribution in [0.1, 0.15) is 24.5 Å². The average Bonchev–Trinajstić information content (AvgIpc) is 3.00. The number of carbonyl (C=O) groups is 2. The summed E-state index contributed by atoms with van der Waals surface area (Å²) in [6.45, 7) is 2.65. The number of carbonyl (C=O) groups excluding carboxylic acids is 2. The minimum absolute atomic E-state index is 0.259. The van der Waals surface area contributed by atoms with Crippen molar-refractivity contribution in [3.05, 3.63) is 80.7 Å². The van der Waals surface area contributed by atoms with E-state index in [0.717, 1.165) is 28.1 Å². The first-order valence-corrected chi connectivity index (χ1v) is 11.4. The van der Waals surface area contributed by atoms with Crippen LogP contribution in [0.15, 0.2) is 59.5 Å². The summed E-state index contributed by atoms with van der Waals surface area (Å²) in [4.78, 5) is 26.1. The molecule has 0 saturated carbocycles. The van der Waals surface area contributed by atoms with Crippen molar-refractivity contribution in [2.75, 3.05) is 6.54 Å². The van der Waals surface area contributed by atoms with Gasteiger partial charge < -0.3 is 4.74 Å². The lowest BCUT2D eigenvalue weighted by Crippen LogP contribution is -2.28. The molecule has 2 amide bonds. The third kappa shape index (κ3) is 4.74. The number of halogens is 2. The first-order valence-electron chi connectivity index (χ1n) is 9.81. The average molecular weight is 472 g/mol. The minimum Gasteiger partial charge on any atom is -0.486 e. The van der Waals surface area contributed by atoms with E-state index in [1.165, 1.54) is 4.90 Å². The van der Waals surface area contributed by atoms with E-state index in [1.807, 2.05) is 31.2 Å². The molecule has 0 spiro atoms. The van der Waals surface area contributed by atoms with Gasteiger partial charge in [-0.05, 0) is 64.4 Å². The zero-order valence-electron chi connectivity index (χ0n) is 16.7. The quantitative estimate of drug-likeness (QED) is 0.357. The number of fused-ring (bicyclic) bond motifs is 1. The largest absolute Gasteiger partial charge is 0.486 e. The van der Waals surface area contributed by atoms with Crippen molar-refractivity contribution in [3.63, 3.8) is 0 Å². The highest BCUT2D eigenvalue weighted by molar-refractivity contribution is 8.18. The molecule has 0 bridgehead atoms. The molecule has 3 aromatic rings. The SMILES string of the molecule is CCCN1C(=O)S/C(=C/c2cc(Cl)c(OCc3ccc4ccccc4c3)c(Cl)c2)C1=O. The predicted molar refractivity (Wildman–Crippen MR) is 128 cm³/mol. The maximum Gasteiger partial charge on any atom is 0.293 e. The van der Waals surface area contributed by atoms with Gasteiger partial charge in [0, 0.05) is 6.54 Å². The molecule has 7 heteroatoms. The summed E-state index contributed by atoms with van der Waals surface area (Å²) >= 11 is 13.8. The lowest BCUT2D eigenvalue weighted by Gasteiger charge is -2.12. The van der Waals surface area contributed by atoms with Crippen LogP contribution in [-0.2, 0) is 11.4 Å². The van der Waals surface area contributed by atoms with Gasteiger partial charge in [-0.25, -0.2) is 0 Å². The van der Waals surface area contributed by atoms with Crippen molar-refractivity contribution >= 4 is 63.0 Å². The van der Waals surface area contributed by atoms with Gasteiger partial charge >= 0.3 is 0 Å². The van der Waals surface area contributed by atoms with Gasteiger partial charge in [-0.15, -0.1) is 0 Å². The summed E-state index contributed by atoms with van der Waals surface area (Å²) in [5.41, 5.74) is 1.63. The molecule has 0 atom stereocenters. The van der Waals surface area contributed by atoms with Gasteiger partial charge in [-0.1, -0.05) is 66.5 Å². The van der Waals surface area contributed by atoms with Crippen LogP contribution in [0.2, 0.25) is 10.0 Å². The molecule has 1 fully saturated rings. The number of ether oxygens (including phenoxy) is 1. The maximum atomic E-state index is 12.4. The van der Waals surface area contributed by atoms with E-state index in [-0.39, 0.29) is 11.1 Å². The third-order valence-electron chi connectivity index (χ3n) is 4.84. The van der Waals surface area contributed by atoms with Crippen molar-refractivity contribution in [2.24, 2.45) is 0 Å². The van der Waals surface area contributed by atoms with Crippen LogP contribution in [0, 0.1) is 0 Å². The Balaban J connectivity index is 1.52. The molecule has 0 aliphatic carbocycles. The fourth-order valence-corrected chi connectivity index (χ4v) is 4.83. The third-order valence-corrected chi connectivity index (χ3v) is 6.31. The minimum atomic E-state index is -0.291. The van der Waals surface area contributed by atoms with Crippen LogP contribution in [0.25, 0.3) is 16.8 Å². The number of thioether (sulfide) groups is 1. The number of hydrogen-bond donors (Lipinski definition) is 0. The van der Waals surface area contributed by atoms with Gasteiger partial charge in [0.2, 0.25) is 0 Å². The normalized spacial score (nSPS) is 15.3. The van der Waals surface area contributed by atoms with Gasteiger partial charge in [-0.3, -0.25) is 14.5 Å². The second-order valence-electron chi connectivity index (χ2n) is 7.12. The highest BCUT2D eigenvalue weighted by Crippen LogP contribution is 2.38. The number of rotatable bonds is 6. The fourth-order valence-electron chi connectivity index (χ4n) is 3.35. The molecule has 158 valence electrons. The van der Waals surface area contributed by atoms with Gasteiger partial charge in [0.05, 0.1) is 15.0 Å². The van der Waals surface area contributed by atoms with Crippen molar-refractivity contribution in [3.8, 4) is 5.75 Å². The molecular formula is C24H19Cl2NO3S. The first kappa shape index (κ1) is 21.8. The Morgan fingerprint density at radius 2 is 1.71 bits per heavy atom. The molecule has 1 saturated heterocycles. The van der Waals surface area contributed by atoms with Crippen LogP contribution in [0.4, 0.5) is 4.79 Å². The van der Waals surface area contributed by atoms with E-state index >= 15 is 0 Å². The summed E-state index contributed by atoms with van der Waals surface area (Å²) in [5.74, 6) is 0.0912. The van der Waals surface area contributed by atoms with E-state index in [9.17, 15) is 9.59 Å². The summed E-state index contributed by atoms with van der Waals surface area (Å²) in [6, 6.07) is 17.6. The Morgan fingerprint density at radius 3 is 2.42 bits per heavy atom. The second-order valence-corrected chi connectivity index (χ2v) is 8.92. The van der Waals surface area contributed by atoms with Crippen LogP contribution < -0.4 is 4.74 Å². The van der Waals surface area contributed by atoms with Crippen molar-refractivity contribution in [2.45, 2.75) is 20.0 Å². The lowest BCUT2D eigenvalue weighted by atomic mass is 10.1. The first-order chi connectivity index (χ1) is 15.0. The number of amides is 2. The molecule has 1 aliphatic rings. The number of hydrogen-bond acceptors (Lipinski definition) is 4. The molecule has 4 rings (SSSR count). The Kier molecular flexibility index (Phi) is 6.56. The Morgan fingerprint density at radius 1 is 1.00 bits per heavy atom. The van der Waals surface area contributed by atoms with E-state index in [2.05, 4.69) is 18.2 Å². The van der Waals surface area contributed by atoms with E-state index < -0.39 is 0 Å². The molecule has 3 aromatic carbocycles. The number of imide groups is 1. The van der Waals surface area contributed by atoms with Gasteiger partial charge in [0.25, 0.3) is 11.1 Å². The monoisotopic (exact) mass is 471 g/mol. The van der Waals surface area contributed by atoms with Crippen molar-refractivity contribution < 1.29 is 14.3 Å². The molecule has 0 unspecified atom stereocenters. The molecule has 0 radical (unpaired) electrons. The molecule has 31 heavy (non-hydrogen) atoms. The second kappa shape index (κ2) is 9.35. The Labute approximate surface area is 194 Å². The molecule has 1 aliphatic heterocycles. The number of benzene rings is 3. The van der Waals surface area contributed by atoms with Gasteiger partial charge in [-0.2, -0.15) is 0 Å². The highest BCUT2D eigenvalue weighted by atomic mass is 35.5. The summed E-state index contributed by atoms with van der Waals surface area (Å²) in [6.07, 6.45) is 2.34. The topological polar surface area (TPSA) is 46.6 Å². The van der Waals surface area contributed by atoms with Crippen LogP contribution in [0.5, 0.6) is 5.75 Å². The van der Waals surface area contributed by atoms with Crippen LogP contribution >= 0.6 is 35.0 Å². The summed E-state index contributed by atoms with van der Waals surface area (Å²) < 4.78 is 5.90. The van der Waals surface area contributed by atoms with Gasteiger partial charge in [0.1, 0.15) is 6.61 Å². The van der Waals surface area contributed by atoms with Crippen molar-refractivity contribution in [1.82, 2.24) is 4.90 Å². The highest BCUT2D eigenvalue weighted by Gasteiger charge is 2.34. The van der Waals surface area contributed by atoms with Crippen molar-refractivity contribution in [1.29, 1.82) is 0 Å².